The van der Waals surface area contributed by atoms with Crippen LogP contribution in [0.25, 0.3) is 0 Å². The van der Waals surface area contributed by atoms with Crippen molar-refractivity contribution in [2.75, 3.05) is 11.6 Å². The van der Waals surface area contributed by atoms with Crippen LogP contribution in [0.1, 0.15) is 19.8 Å². The van der Waals surface area contributed by atoms with Crippen molar-refractivity contribution >= 4 is 15.5 Å². The molecule has 4 heteroatoms. The van der Waals surface area contributed by atoms with E-state index in [-0.39, 0.29) is 0 Å². The molecule has 0 saturated heterocycles. The third-order valence-electron chi connectivity index (χ3n) is 3.03. The van der Waals surface area contributed by atoms with Gasteiger partial charge in [0, 0.05) is 18.0 Å². The number of anilines is 1. The van der Waals surface area contributed by atoms with E-state index >= 15 is 0 Å². The number of nitrogens with one attached hydrogen (secondary N) is 1. The Morgan fingerprint density at radius 2 is 1.75 bits per heavy atom. The Kier molecular flexibility index (Phi) is 2.93. The average molecular weight is 239 g/mol. The second kappa shape index (κ2) is 4.09. The highest BCUT2D eigenvalue weighted by Gasteiger charge is 2.24. The highest BCUT2D eigenvalue weighted by atomic mass is 32.2. The van der Waals surface area contributed by atoms with Crippen molar-refractivity contribution in [1.29, 1.82) is 0 Å². The fourth-order valence-corrected chi connectivity index (χ4v) is 2.68. The third kappa shape index (κ3) is 2.55. The van der Waals surface area contributed by atoms with Crippen LogP contribution in [0.15, 0.2) is 29.2 Å². The molecule has 0 bridgehead atoms. The van der Waals surface area contributed by atoms with Crippen molar-refractivity contribution in [2.24, 2.45) is 5.92 Å². The van der Waals surface area contributed by atoms with Gasteiger partial charge in [0.2, 0.25) is 0 Å². The molecule has 0 amide bonds. The Balaban J connectivity index is 2.03. The van der Waals surface area contributed by atoms with E-state index in [1.54, 1.807) is 12.1 Å². The molecule has 16 heavy (non-hydrogen) atoms. The van der Waals surface area contributed by atoms with Crippen molar-refractivity contribution in [3.05, 3.63) is 24.3 Å². The van der Waals surface area contributed by atoms with Crippen molar-refractivity contribution < 1.29 is 8.42 Å². The van der Waals surface area contributed by atoms with Crippen LogP contribution in [0.2, 0.25) is 0 Å². The predicted molar refractivity (Wildman–Crippen MR) is 65.4 cm³/mol. The molecule has 1 fully saturated rings. The van der Waals surface area contributed by atoms with Gasteiger partial charge >= 0.3 is 0 Å². The van der Waals surface area contributed by atoms with E-state index < -0.39 is 9.84 Å². The molecule has 0 unspecified atom stereocenters. The van der Waals surface area contributed by atoms with Crippen LogP contribution >= 0.6 is 0 Å². The topological polar surface area (TPSA) is 46.2 Å². The molecule has 0 spiro atoms. The van der Waals surface area contributed by atoms with Crippen LogP contribution < -0.4 is 5.32 Å². The summed E-state index contributed by atoms with van der Waals surface area (Å²) in [6.07, 6.45) is 3.63. The molecule has 1 aromatic carbocycles. The summed E-state index contributed by atoms with van der Waals surface area (Å²) in [6.45, 7) is 2.24. The van der Waals surface area contributed by atoms with Crippen molar-refractivity contribution in [1.82, 2.24) is 0 Å². The molecule has 1 N–H and O–H groups in total. The van der Waals surface area contributed by atoms with E-state index in [9.17, 15) is 8.42 Å². The van der Waals surface area contributed by atoms with Gasteiger partial charge in [0.1, 0.15) is 0 Å². The Morgan fingerprint density at radius 1 is 1.19 bits per heavy atom. The maximum absolute atomic E-state index is 11.3. The lowest BCUT2D eigenvalue weighted by atomic mass is 9.82. The van der Waals surface area contributed by atoms with Crippen LogP contribution in [-0.2, 0) is 9.84 Å². The van der Waals surface area contributed by atoms with Crippen LogP contribution in [0.3, 0.4) is 0 Å². The predicted octanol–water partition coefficient (Wildman–Crippen LogP) is 2.30. The summed E-state index contributed by atoms with van der Waals surface area (Å²) >= 11 is 0. The second-order valence-corrected chi connectivity index (χ2v) is 6.73. The zero-order chi connectivity index (χ0) is 11.8. The fourth-order valence-electron chi connectivity index (χ4n) is 2.05. The molecular weight excluding hydrogens is 222 g/mol. The van der Waals surface area contributed by atoms with Crippen molar-refractivity contribution in [3.63, 3.8) is 0 Å². The SMILES string of the molecule is CC1CC(Nc2ccc(S(C)(=O)=O)cc2)C1. The Labute approximate surface area is 96.8 Å². The average Bonchev–Trinajstić information content (AvgIpc) is 2.15. The summed E-state index contributed by atoms with van der Waals surface area (Å²) < 4.78 is 22.5. The van der Waals surface area contributed by atoms with E-state index in [0.717, 1.165) is 11.6 Å². The maximum atomic E-state index is 11.3. The number of sulfone groups is 1. The summed E-state index contributed by atoms with van der Waals surface area (Å²) in [5, 5.41) is 3.39. The normalized spacial score (nSPS) is 24.9. The minimum absolute atomic E-state index is 0.375. The third-order valence-corrected chi connectivity index (χ3v) is 4.16. The highest BCUT2D eigenvalue weighted by Crippen LogP contribution is 2.29. The summed E-state index contributed by atoms with van der Waals surface area (Å²) in [5.41, 5.74) is 1.00. The number of benzene rings is 1. The molecule has 3 nitrogen and oxygen atoms in total. The lowest BCUT2D eigenvalue weighted by Crippen LogP contribution is -2.33. The zero-order valence-corrected chi connectivity index (χ0v) is 10.4. The van der Waals surface area contributed by atoms with Gasteiger partial charge in [0.05, 0.1) is 4.90 Å². The number of rotatable bonds is 3. The molecular formula is C12H17NO2S. The molecule has 0 radical (unpaired) electrons. The second-order valence-electron chi connectivity index (χ2n) is 4.71. The molecule has 1 saturated carbocycles. The first-order valence-electron chi connectivity index (χ1n) is 5.52. The summed E-state index contributed by atoms with van der Waals surface area (Å²) in [5.74, 6) is 0.813. The zero-order valence-electron chi connectivity index (χ0n) is 9.60. The largest absolute Gasteiger partial charge is 0.382 e. The quantitative estimate of drug-likeness (QED) is 0.880. The summed E-state index contributed by atoms with van der Waals surface area (Å²) in [6, 6.07) is 7.53. The number of hydrogen-bond donors (Lipinski definition) is 1. The molecule has 0 heterocycles. The van der Waals surface area contributed by atoms with Gasteiger partial charge in [-0.2, -0.15) is 0 Å². The van der Waals surface area contributed by atoms with E-state index in [2.05, 4.69) is 12.2 Å². The van der Waals surface area contributed by atoms with Gasteiger partial charge in [-0.1, -0.05) is 6.92 Å². The molecule has 1 aromatic rings. The molecule has 2 rings (SSSR count). The van der Waals surface area contributed by atoms with Gasteiger partial charge in [0.15, 0.2) is 9.84 Å². The Morgan fingerprint density at radius 3 is 2.19 bits per heavy atom. The Hall–Kier alpha value is -1.03. The van der Waals surface area contributed by atoms with Gasteiger partial charge in [-0.15, -0.1) is 0 Å². The summed E-state index contributed by atoms with van der Waals surface area (Å²) in [7, 11) is -3.08. The first kappa shape index (κ1) is 11.5. The number of hydrogen-bond acceptors (Lipinski definition) is 3. The van der Waals surface area contributed by atoms with E-state index in [4.69, 9.17) is 0 Å². The molecule has 88 valence electrons. The Bertz CT molecular complexity index is 458. The van der Waals surface area contributed by atoms with Crippen molar-refractivity contribution in [2.45, 2.75) is 30.7 Å². The fraction of sp³-hybridized carbons (Fsp3) is 0.500. The lowest BCUT2D eigenvalue weighted by molar-refractivity contribution is 0.309. The molecule has 0 aliphatic heterocycles. The van der Waals surface area contributed by atoms with Crippen LogP contribution in [0, 0.1) is 5.92 Å². The molecule has 1 aliphatic rings. The van der Waals surface area contributed by atoms with Crippen LogP contribution in [-0.4, -0.2) is 20.7 Å². The van der Waals surface area contributed by atoms with E-state index in [1.807, 2.05) is 12.1 Å². The molecule has 0 aromatic heterocycles. The minimum Gasteiger partial charge on any atom is -0.382 e. The smallest absolute Gasteiger partial charge is 0.175 e. The minimum atomic E-state index is -3.08. The summed E-state index contributed by atoms with van der Waals surface area (Å²) in [4.78, 5) is 0.375. The van der Waals surface area contributed by atoms with Crippen LogP contribution in [0.5, 0.6) is 0 Å². The maximum Gasteiger partial charge on any atom is 0.175 e. The van der Waals surface area contributed by atoms with Gasteiger partial charge < -0.3 is 5.32 Å². The standard InChI is InChI=1S/C12H17NO2S/c1-9-7-11(8-9)13-10-3-5-12(6-4-10)16(2,14)15/h3-6,9,11,13H,7-8H2,1-2H3. The van der Waals surface area contributed by atoms with E-state index in [1.165, 1.54) is 19.1 Å². The molecule has 1 aliphatic carbocycles. The monoisotopic (exact) mass is 239 g/mol. The van der Waals surface area contributed by atoms with Crippen molar-refractivity contribution in [3.8, 4) is 0 Å². The first-order chi connectivity index (χ1) is 7.45. The first-order valence-corrected chi connectivity index (χ1v) is 7.41. The van der Waals surface area contributed by atoms with Gasteiger partial charge in [-0.25, -0.2) is 8.42 Å². The van der Waals surface area contributed by atoms with E-state index in [0.29, 0.717) is 10.9 Å². The lowest BCUT2D eigenvalue weighted by Gasteiger charge is -2.34. The van der Waals surface area contributed by atoms with Gasteiger partial charge in [0.25, 0.3) is 0 Å². The van der Waals surface area contributed by atoms with Gasteiger partial charge in [-0.05, 0) is 43.0 Å². The van der Waals surface area contributed by atoms with Gasteiger partial charge in [-0.3, -0.25) is 0 Å². The highest BCUT2D eigenvalue weighted by molar-refractivity contribution is 7.90. The molecule has 0 atom stereocenters. The van der Waals surface area contributed by atoms with Crippen LogP contribution in [0.4, 0.5) is 5.69 Å².